The smallest absolute Gasteiger partial charge is 0.399 e. The molecule has 0 amide bonds. The lowest BCUT2D eigenvalue weighted by molar-refractivity contribution is 0.00578. The summed E-state index contributed by atoms with van der Waals surface area (Å²) in [5, 5.41) is 8.75. The Bertz CT molecular complexity index is 907. The van der Waals surface area contributed by atoms with Gasteiger partial charge in [-0.2, -0.15) is 0 Å². The van der Waals surface area contributed by atoms with Crippen LogP contribution in [-0.4, -0.2) is 28.5 Å². The minimum Gasteiger partial charge on any atom is -0.399 e. The zero-order valence-corrected chi connectivity index (χ0v) is 16.1. The van der Waals surface area contributed by atoms with E-state index in [-0.39, 0.29) is 18.3 Å². The van der Waals surface area contributed by atoms with Gasteiger partial charge in [-0.1, -0.05) is 54.6 Å². The second-order valence-corrected chi connectivity index (χ2v) is 7.88. The quantitative estimate of drug-likeness (QED) is 0.661. The van der Waals surface area contributed by atoms with Crippen molar-refractivity contribution in [2.45, 2.75) is 38.9 Å². The lowest BCUT2D eigenvalue weighted by atomic mass is 9.79. The fraction of sp³-hybridized carbons (Fsp3) is 0.273. The van der Waals surface area contributed by atoms with E-state index in [0.717, 1.165) is 28.0 Å². The van der Waals surface area contributed by atoms with Crippen LogP contribution >= 0.6 is 0 Å². The van der Waals surface area contributed by atoms with Crippen molar-refractivity contribution >= 4 is 12.6 Å². The molecule has 1 saturated heterocycles. The van der Waals surface area contributed by atoms with Gasteiger partial charge in [0, 0.05) is 11.1 Å². The third-order valence-corrected chi connectivity index (χ3v) is 5.47. The van der Waals surface area contributed by atoms with E-state index in [1.54, 1.807) is 0 Å². The number of benzene rings is 2. The van der Waals surface area contributed by atoms with E-state index >= 15 is 0 Å². The molecule has 1 aliphatic rings. The van der Waals surface area contributed by atoms with Gasteiger partial charge < -0.3 is 9.31 Å². The topological polar surface area (TPSA) is 44.2 Å². The van der Waals surface area contributed by atoms with Gasteiger partial charge in [0.1, 0.15) is 0 Å². The summed E-state index contributed by atoms with van der Waals surface area (Å²) in [7, 11) is -0.351. The third-order valence-electron chi connectivity index (χ3n) is 5.47. The molecule has 0 bridgehead atoms. The van der Waals surface area contributed by atoms with Crippen molar-refractivity contribution in [1.29, 1.82) is 0 Å². The van der Waals surface area contributed by atoms with Crippen LogP contribution in [0, 0.1) is 0 Å². The Morgan fingerprint density at radius 3 is 1.59 bits per heavy atom. The summed E-state index contributed by atoms with van der Waals surface area (Å²) in [4.78, 5) is 0. The van der Waals surface area contributed by atoms with Crippen molar-refractivity contribution in [3.63, 3.8) is 0 Å². The number of hydrogen-bond donors (Lipinski definition) is 0. The Morgan fingerprint density at radius 1 is 0.630 bits per heavy atom. The lowest BCUT2D eigenvalue weighted by Crippen LogP contribution is -2.41. The molecule has 0 spiro atoms. The summed E-state index contributed by atoms with van der Waals surface area (Å²) in [5.41, 5.74) is 4.12. The Kier molecular flexibility index (Phi) is 4.37. The van der Waals surface area contributed by atoms with Crippen LogP contribution in [0.25, 0.3) is 22.5 Å². The predicted molar refractivity (Wildman–Crippen MR) is 109 cm³/mol. The minimum atomic E-state index is -0.351. The maximum absolute atomic E-state index is 6.11. The lowest BCUT2D eigenvalue weighted by Gasteiger charge is -2.32. The molecule has 0 saturated carbocycles. The summed E-state index contributed by atoms with van der Waals surface area (Å²) in [6.07, 6.45) is 0. The van der Waals surface area contributed by atoms with E-state index < -0.39 is 0 Å². The molecule has 1 fully saturated rings. The summed E-state index contributed by atoms with van der Waals surface area (Å²) in [5.74, 6) is 0. The zero-order valence-electron chi connectivity index (χ0n) is 16.1. The normalized spacial score (nSPS) is 17.9. The molecule has 2 heterocycles. The maximum atomic E-state index is 6.11. The molecule has 0 aliphatic carbocycles. The Hall–Kier alpha value is -2.50. The fourth-order valence-electron chi connectivity index (χ4n) is 3.04. The third kappa shape index (κ3) is 3.40. The van der Waals surface area contributed by atoms with E-state index in [2.05, 4.69) is 37.9 Å². The second-order valence-electron chi connectivity index (χ2n) is 7.88. The van der Waals surface area contributed by atoms with E-state index in [9.17, 15) is 0 Å². The first kappa shape index (κ1) is 17.9. The van der Waals surface area contributed by atoms with Crippen LogP contribution in [0.1, 0.15) is 27.7 Å². The van der Waals surface area contributed by atoms with Gasteiger partial charge in [0.2, 0.25) is 0 Å². The Morgan fingerprint density at radius 2 is 1.11 bits per heavy atom. The summed E-state index contributed by atoms with van der Waals surface area (Å²) in [6, 6.07) is 22.2. The van der Waals surface area contributed by atoms with Gasteiger partial charge in [0.25, 0.3) is 0 Å². The monoisotopic (exact) mass is 358 g/mol. The van der Waals surface area contributed by atoms with Crippen LogP contribution < -0.4 is 5.46 Å². The van der Waals surface area contributed by atoms with Crippen molar-refractivity contribution in [2.75, 3.05) is 0 Å². The Balaban J connectivity index is 1.53. The van der Waals surface area contributed by atoms with Crippen LogP contribution in [0.4, 0.5) is 0 Å². The first-order valence-electron chi connectivity index (χ1n) is 9.21. The van der Waals surface area contributed by atoms with Gasteiger partial charge >= 0.3 is 7.12 Å². The van der Waals surface area contributed by atoms with Crippen LogP contribution in [0.3, 0.4) is 0 Å². The molecule has 1 aliphatic heterocycles. The average Bonchev–Trinajstić information content (AvgIpc) is 2.90. The molecular formula is C22H23BN2O2. The van der Waals surface area contributed by atoms with Gasteiger partial charge in [-0.25, -0.2) is 0 Å². The molecule has 0 atom stereocenters. The number of nitrogens with zero attached hydrogens (tertiary/aromatic N) is 2. The first-order valence-corrected chi connectivity index (χ1v) is 9.21. The van der Waals surface area contributed by atoms with Gasteiger partial charge in [0.15, 0.2) is 0 Å². The highest BCUT2D eigenvalue weighted by Gasteiger charge is 2.51. The van der Waals surface area contributed by atoms with Gasteiger partial charge in [-0.05, 0) is 45.3 Å². The second kappa shape index (κ2) is 6.59. The van der Waals surface area contributed by atoms with Crippen LogP contribution in [-0.2, 0) is 9.31 Å². The molecule has 0 unspecified atom stereocenters. The van der Waals surface area contributed by atoms with Crippen LogP contribution in [0.5, 0.6) is 0 Å². The molecule has 4 rings (SSSR count). The largest absolute Gasteiger partial charge is 0.494 e. The number of rotatable bonds is 3. The first-order chi connectivity index (χ1) is 12.9. The fourth-order valence-corrected chi connectivity index (χ4v) is 3.04. The molecule has 0 radical (unpaired) electrons. The van der Waals surface area contributed by atoms with Crippen LogP contribution in [0.15, 0.2) is 66.7 Å². The molecule has 4 nitrogen and oxygen atoms in total. The van der Waals surface area contributed by atoms with Crippen molar-refractivity contribution in [2.24, 2.45) is 0 Å². The highest BCUT2D eigenvalue weighted by atomic mass is 16.7. The molecule has 5 heteroatoms. The molecule has 0 N–H and O–H groups in total. The summed E-state index contributed by atoms with van der Waals surface area (Å²) in [6.45, 7) is 8.24. The van der Waals surface area contributed by atoms with Gasteiger partial charge in [-0.15, -0.1) is 10.2 Å². The molecule has 3 aromatic rings. The highest BCUT2D eigenvalue weighted by molar-refractivity contribution is 6.62. The molecular weight excluding hydrogens is 335 g/mol. The Labute approximate surface area is 160 Å². The van der Waals surface area contributed by atoms with Crippen molar-refractivity contribution < 1.29 is 9.31 Å². The zero-order chi connectivity index (χ0) is 19.1. The number of hydrogen-bond acceptors (Lipinski definition) is 4. The average molecular weight is 358 g/mol. The summed E-state index contributed by atoms with van der Waals surface area (Å²) >= 11 is 0. The summed E-state index contributed by atoms with van der Waals surface area (Å²) < 4.78 is 12.2. The SMILES string of the molecule is CC1(C)OB(c2ccc(-c3ccc(-c4ccccc4)nn3)cc2)OC1(C)C. The van der Waals surface area contributed by atoms with E-state index in [1.807, 2.05) is 66.7 Å². The predicted octanol–water partition coefficient (Wildman–Crippen LogP) is 4.11. The maximum Gasteiger partial charge on any atom is 0.494 e. The van der Waals surface area contributed by atoms with E-state index in [0.29, 0.717) is 0 Å². The molecule has 136 valence electrons. The van der Waals surface area contributed by atoms with Crippen molar-refractivity contribution in [3.8, 4) is 22.5 Å². The number of aromatic nitrogens is 2. The minimum absolute atomic E-state index is 0.338. The van der Waals surface area contributed by atoms with E-state index in [4.69, 9.17) is 9.31 Å². The molecule has 2 aromatic carbocycles. The standard InChI is InChI=1S/C22H23BN2O2/c1-21(2)22(3,4)27-23(26-21)18-12-10-17(11-13-18)20-15-14-19(24-25-20)16-8-6-5-7-9-16/h5-15H,1-4H3. The molecule has 27 heavy (non-hydrogen) atoms. The van der Waals surface area contributed by atoms with Crippen molar-refractivity contribution in [3.05, 3.63) is 66.7 Å². The van der Waals surface area contributed by atoms with Crippen molar-refractivity contribution in [1.82, 2.24) is 10.2 Å². The van der Waals surface area contributed by atoms with Crippen LogP contribution in [0.2, 0.25) is 0 Å². The highest BCUT2D eigenvalue weighted by Crippen LogP contribution is 2.36. The van der Waals surface area contributed by atoms with Gasteiger partial charge in [-0.3, -0.25) is 0 Å². The van der Waals surface area contributed by atoms with Gasteiger partial charge in [0.05, 0.1) is 22.6 Å². The van der Waals surface area contributed by atoms with E-state index in [1.165, 1.54) is 0 Å². The molecule has 1 aromatic heterocycles.